The van der Waals surface area contributed by atoms with Gasteiger partial charge in [-0.2, -0.15) is 0 Å². The Hall–Kier alpha value is -1.67. The molecule has 0 saturated heterocycles. The normalized spacial score (nSPS) is 13.0. The van der Waals surface area contributed by atoms with Gasteiger partial charge in [-0.25, -0.2) is 18.2 Å². The summed E-state index contributed by atoms with van der Waals surface area (Å²) in [6.45, 7) is -0.102. The van der Waals surface area contributed by atoms with E-state index in [1.807, 2.05) is 0 Å². The first kappa shape index (κ1) is 14.4. The predicted molar refractivity (Wildman–Crippen MR) is 64.3 cm³/mol. The van der Waals surface area contributed by atoms with Crippen LogP contribution in [0, 0.1) is 0 Å². The number of carbonyl (C=O) groups is 1. The Labute approximate surface area is 105 Å². The van der Waals surface area contributed by atoms with Crippen molar-refractivity contribution in [2.45, 2.75) is 10.9 Å². The number of sulfone groups is 1. The van der Waals surface area contributed by atoms with E-state index in [1.54, 1.807) is 0 Å². The van der Waals surface area contributed by atoms with Crippen LogP contribution in [0.1, 0.15) is 0 Å². The van der Waals surface area contributed by atoms with Crippen molar-refractivity contribution < 1.29 is 23.1 Å². The summed E-state index contributed by atoms with van der Waals surface area (Å²) < 4.78 is 27.8. The van der Waals surface area contributed by atoms with Gasteiger partial charge in [0.1, 0.15) is 16.8 Å². The summed E-state index contributed by atoms with van der Waals surface area (Å²) in [7, 11) is -2.12. The van der Waals surface area contributed by atoms with Crippen molar-refractivity contribution in [2.24, 2.45) is 0 Å². The Morgan fingerprint density at radius 2 is 2.28 bits per heavy atom. The third-order valence-corrected chi connectivity index (χ3v) is 3.24. The Morgan fingerprint density at radius 1 is 1.61 bits per heavy atom. The molecule has 1 aromatic heterocycles. The molecule has 18 heavy (non-hydrogen) atoms. The number of methoxy groups -OCH3 is 1. The second-order valence-electron chi connectivity index (χ2n) is 3.61. The zero-order valence-corrected chi connectivity index (χ0v) is 10.8. The van der Waals surface area contributed by atoms with Crippen molar-refractivity contribution in [2.75, 3.05) is 25.3 Å². The molecule has 0 bridgehead atoms. The molecule has 0 aromatic carbocycles. The van der Waals surface area contributed by atoms with Crippen LogP contribution in [0.15, 0.2) is 23.2 Å². The third-order valence-electron chi connectivity index (χ3n) is 2.11. The van der Waals surface area contributed by atoms with Crippen LogP contribution in [-0.2, 0) is 19.4 Å². The van der Waals surface area contributed by atoms with Crippen LogP contribution in [0.4, 0.5) is 5.82 Å². The molecule has 100 valence electrons. The van der Waals surface area contributed by atoms with E-state index in [0.717, 1.165) is 6.26 Å². The van der Waals surface area contributed by atoms with E-state index in [1.165, 1.54) is 25.4 Å². The van der Waals surface area contributed by atoms with Gasteiger partial charge in [0.25, 0.3) is 0 Å². The van der Waals surface area contributed by atoms with E-state index in [0.29, 0.717) is 0 Å². The molecule has 0 aliphatic rings. The molecule has 0 radical (unpaired) electrons. The maximum atomic E-state index is 11.5. The number of nitrogens with zero attached hydrogens (tertiary/aromatic N) is 1. The highest BCUT2D eigenvalue weighted by Gasteiger charge is 2.21. The molecule has 2 N–H and O–H groups in total. The molecule has 0 saturated carbocycles. The topological polar surface area (TPSA) is 106 Å². The molecular weight excluding hydrogens is 260 g/mol. The maximum absolute atomic E-state index is 11.5. The number of pyridine rings is 1. The quantitative estimate of drug-likeness (QED) is 0.751. The molecule has 1 atom stereocenters. The van der Waals surface area contributed by atoms with E-state index in [-0.39, 0.29) is 17.3 Å². The van der Waals surface area contributed by atoms with Crippen molar-refractivity contribution >= 4 is 21.6 Å². The van der Waals surface area contributed by atoms with Crippen LogP contribution < -0.4 is 5.32 Å². The summed E-state index contributed by atoms with van der Waals surface area (Å²) in [4.78, 5) is 14.7. The molecule has 0 amide bonds. The number of anilines is 1. The number of aliphatic carboxylic acids is 1. The second-order valence-corrected chi connectivity index (χ2v) is 5.60. The van der Waals surface area contributed by atoms with Crippen molar-refractivity contribution in [1.82, 2.24) is 4.98 Å². The second kappa shape index (κ2) is 5.78. The Bertz CT molecular complexity index is 529. The Balaban J connectivity index is 3.07. The first-order valence-corrected chi connectivity index (χ1v) is 6.88. The maximum Gasteiger partial charge on any atom is 0.328 e. The molecule has 1 rings (SSSR count). The van der Waals surface area contributed by atoms with Gasteiger partial charge in [0.2, 0.25) is 0 Å². The van der Waals surface area contributed by atoms with Crippen molar-refractivity contribution in [3.05, 3.63) is 18.3 Å². The highest BCUT2D eigenvalue weighted by atomic mass is 32.2. The molecule has 1 heterocycles. The summed E-state index contributed by atoms with van der Waals surface area (Å²) >= 11 is 0. The highest BCUT2D eigenvalue weighted by molar-refractivity contribution is 7.90. The van der Waals surface area contributed by atoms with Gasteiger partial charge in [-0.1, -0.05) is 0 Å². The molecular formula is C10H14N2O5S. The monoisotopic (exact) mass is 274 g/mol. The summed E-state index contributed by atoms with van der Waals surface area (Å²) in [6.07, 6.45) is 2.41. The molecule has 1 unspecified atom stereocenters. The number of hydrogen-bond donors (Lipinski definition) is 2. The van der Waals surface area contributed by atoms with Crippen LogP contribution in [0.5, 0.6) is 0 Å². The number of hydrogen-bond acceptors (Lipinski definition) is 6. The molecule has 8 heteroatoms. The molecule has 0 aliphatic carbocycles. The molecule has 0 aliphatic heterocycles. The Morgan fingerprint density at radius 3 is 2.78 bits per heavy atom. The summed E-state index contributed by atoms with van der Waals surface area (Å²) in [5.74, 6) is -1.15. The molecule has 0 spiro atoms. The number of rotatable bonds is 6. The van der Waals surface area contributed by atoms with E-state index >= 15 is 0 Å². The van der Waals surface area contributed by atoms with Crippen molar-refractivity contribution in [1.29, 1.82) is 0 Å². The van der Waals surface area contributed by atoms with Gasteiger partial charge >= 0.3 is 5.97 Å². The fraction of sp³-hybridized carbons (Fsp3) is 0.400. The predicted octanol–water partition coefficient (Wildman–Crippen LogP) is -0.00340. The van der Waals surface area contributed by atoms with E-state index in [2.05, 4.69) is 10.3 Å². The lowest BCUT2D eigenvalue weighted by Crippen LogP contribution is -2.34. The van der Waals surface area contributed by atoms with Crippen LogP contribution in [-0.4, -0.2) is 50.5 Å². The van der Waals surface area contributed by atoms with Gasteiger partial charge in [0.15, 0.2) is 9.84 Å². The minimum Gasteiger partial charge on any atom is -0.480 e. The lowest BCUT2D eigenvalue weighted by atomic mass is 10.3. The fourth-order valence-electron chi connectivity index (χ4n) is 1.30. The smallest absolute Gasteiger partial charge is 0.328 e. The highest BCUT2D eigenvalue weighted by Crippen LogP contribution is 2.18. The van der Waals surface area contributed by atoms with Crippen molar-refractivity contribution in [3.8, 4) is 0 Å². The zero-order valence-electron chi connectivity index (χ0n) is 9.95. The fourth-order valence-corrected chi connectivity index (χ4v) is 2.09. The molecule has 7 nitrogen and oxygen atoms in total. The SMILES string of the molecule is COCC(Nc1ncccc1S(C)(=O)=O)C(=O)O. The Kier molecular flexibility index (Phi) is 4.62. The number of nitrogens with one attached hydrogen (secondary N) is 1. The van der Waals surface area contributed by atoms with Crippen LogP contribution in [0.2, 0.25) is 0 Å². The van der Waals surface area contributed by atoms with Gasteiger partial charge in [-0.3, -0.25) is 0 Å². The lowest BCUT2D eigenvalue weighted by molar-refractivity contribution is -0.139. The van der Waals surface area contributed by atoms with Gasteiger partial charge < -0.3 is 15.2 Å². The number of aromatic nitrogens is 1. The summed E-state index contributed by atoms with van der Waals surface area (Å²) in [5.41, 5.74) is 0. The minimum absolute atomic E-state index is 0.00412. The first-order valence-electron chi connectivity index (χ1n) is 4.99. The van der Waals surface area contributed by atoms with Crippen LogP contribution in [0.3, 0.4) is 0 Å². The average molecular weight is 274 g/mol. The van der Waals surface area contributed by atoms with E-state index in [4.69, 9.17) is 9.84 Å². The van der Waals surface area contributed by atoms with E-state index in [9.17, 15) is 13.2 Å². The standard InChI is InChI=1S/C10H14N2O5S/c1-17-6-7(10(13)14)12-9-8(18(2,15)16)4-3-5-11-9/h3-5,7H,6H2,1-2H3,(H,11,12)(H,13,14). The minimum atomic E-state index is -3.48. The average Bonchev–Trinajstić information content (AvgIpc) is 2.27. The van der Waals surface area contributed by atoms with Gasteiger partial charge in [-0.15, -0.1) is 0 Å². The number of carboxylic acids is 1. The van der Waals surface area contributed by atoms with Gasteiger partial charge in [-0.05, 0) is 12.1 Å². The number of carboxylic acid groups (broad SMARTS) is 1. The largest absolute Gasteiger partial charge is 0.480 e. The van der Waals surface area contributed by atoms with Crippen LogP contribution in [0.25, 0.3) is 0 Å². The number of ether oxygens (including phenoxy) is 1. The van der Waals surface area contributed by atoms with Crippen molar-refractivity contribution in [3.63, 3.8) is 0 Å². The third kappa shape index (κ3) is 3.67. The molecule has 1 aromatic rings. The van der Waals surface area contributed by atoms with Gasteiger partial charge in [0, 0.05) is 19.6 Å². The molecule has 0 fully saturated rings. The van der Waals surface area contributed by atoms with Crippen LogP contribution >= 0.6 is 0 Å². The first-order chi connectivity index (χ1) is 8.36. The van der Waals surface area contributed by atoms with E-state index < -0.39 is 21.8 Å². The summed E-state index contributed by atoms with van der Waals surface area (Å²) in [5, 5.41) is 11.5. The summed E-state index contributed by atoms with van der Waals surface area (Å²) in [6, 6.07) is 1.76. The lowest BCUT2D eigenvalue weighted by Gasteiger charge is -2.15. The van der Waals surface area contributed by atoms with Gasteiger partial charge in [0.05, 0.1) is 6.61 Å². The zero-order chi connectivity index (χ0) is 13.8.